The third kappa shape index (κ3) is 2.59. The topological polar surface area (TPSA) is 79.6 Å². The molecule has 2 N–H and O–H groups in total. The van der Waals surface area contributed by atoms with E-state index in [0.29, 0.717) is 19.4 Å². The highest BCUT2D eigenvalue weighted by molar-refractivity contribution is 5.26. The Hall–Kier alpha value is -1.69. The zero-order chi connectivity index (χ0) is 13.1. The van der Waals surface area contributed by atoms with Crippen LogP contribution < -0.4 is 0 Å². The lowest BCUT2D eigenvalue weighted by atomic mass is 10.1. The van der Waals surface area contributed by atoms with Gasteiger partial charge in [0.15, 0.2) is 0 Å². The molecule has 0 saturated carbocycles. The summed E-state index contributed by atoms with van der Waals surface area (Å²) >= 11 is 0. The Bertz CT molecular complexity index is 497. The standard InChI is InChI=1S/C12H19N5O/c1-4-10(18)6-17-12(13-7-14-17)5-11-8(2)15-16-9(11)3/h7,10,18H,4-6H2,1-3H3,(H,15,16)/t10-/m0/s1. The molecule has 0 fully saturated rings. The number of nitrogens with zero attached hydrogens (tertiary/aromatic N) is 4. The second kappa shape index (κ2) is 5.30. The van der Waals surface area contributed by atoms with Crippen LogP contribution in [0.15, 0.2) is 6.33 Å². The van der Waals surface area contributed by atoms with Gasteiger partial charge in [0.05, 0.1) is 18.3 Å². The fraction of sp³-hybridized carbons (Fsp3) is 0.583. The van der Waals surface area contributed by atoms with Gasteiger partial charge in [-0.25, -0.2) is 9.67 Å². The van der Waals surface area contributed by atoms with Gasteiger partial charge >= 0.3 is 0 Å². The molecule has 2 aromatic rings. The van der Waals surface area contributed by atoms with E-state index in [2.05, 4.69) is 20.3 Å². The van der Waals surface area contributed by atoms with E-state index in [-0.39, 0.29) is 6.10 Å². The third-order valence-electron chi connectivity index (χ3n) is 3.17. The van der Waals surface area contributed by atoms with Crippen molar-refractivity contribution in [3.8, 4) is 0 Å². The monoisotopic (exact) mass is 249 g/mol. The number of aliphatic hydroxyl groups excluding tert-OH is 1. The molecule has 6 nitrogen and oxygen atoms in total. The molecule has 6 heteroatoms. The van der Waals surface area contributed by atoms with Gasteiger partial charge in [-0.15, -0.1) is 0 Å². The van der Waals surface area contributed by atoms with E-state index >= 15 is 0 Å². The summed E-state index contributed by atoms with van der Waals surface area (Å²) < 4.78 is 1.76. The number of rotatable bonds is 5. The fourth-order valence-corrected chi connectivity index (χ4v) is 1.90. The van der Waals surface area contributed by atoms with E-state index in [1.165, 1.54) is 6.33 Å². The second-order valence-corrected chi connectivity index (χ2v) is 4.51. The minimum atomic E-state index is -0.378. The Morgan fingerprint density at radius 3 is 2.83 bits per heavy atom. The minimum absolute atomic E-state index is 0.378. The van der Waals surface area contributed by atoms with Crippen molar-refractivity contribution in [1.82, 2.24) is 25.0 Å². The largest absolute Gasteiger partial charge is 0.391 e. The zero-order valence-electron chi connectivity index (χ0n) is 11.0. The van der Waals surface area contributed by atoms with Crippen LogP contribution in [0.4, 0.5) is 0 Å². The van der Waals surface area contributed by atoms with E-state index in [1.54, 1.807) is 4.68 Å². The van der Waals surface area contributed by atoms with E-state index < -0.39 is 0 Å². The maximum absolute atomic E-state index is 9.68. The molecular weight excluding hydrogens is 230 g/mol. The van der Waals surface area contributed by atoms with Crippen LogP contribution in [0.3, 0.4) is 0 Å². The molecule has 0 unspecified atom stereocenters. The van der Waals surface area contributed by atoms with Crippen molar-refractivity contribution in [2.75, 3.05) is 0 Å². The van der Waals surface area contributed by atoms with Crippen molar-refractivity contribution in [3.63, 3.8) is 0 Å². The first-order valence-electron chi connectivity index (χ1n) is 6.17. The number of aromatic nitrogens is 5. The SMILES string of the molecule is CC[C@H](O)Cn1ncnc1Cc1c(C)n[nH]c1C. The van der Waals surface area contributed by atoms with Crippen molar-refractivity contribution >= 4 is 0 Å². The molecule has 1 atom stereocenters. The normalized spacial score (nSPS) is 12.9. The summed E-state index contributed by atoms with van der Waals surface area (Å²) in [6, 6.07) is 0. The Kier molecular flexibility index (Phi) is 3.76. The molecule has 0 radical (unpaired) electrons. The van der Waals surface area contributed by atoms with Gasteiger partial charge in [-0.1, -0.05) is 6.92 Å². The predicted molar refractivity (Wildman–Crippen MR) is 67.2 cm³/mol. The Labute approximate surface area is 106 Å². The number of aromatic amines is 1. The summed E-state index contributed by atoms with van der Waals surface area (Å²) in [6.45, 7) is 6.41. The lowest BCUT2D eigenvalue weighted by Gasteiger charge is -2.10. The second-order valence-electron chi connectivity index (χ2n) is 4.51. The summed E-state index contributed by atoms with van der Waals surface area (Å²) in [4.78, 5) is 4.26. The first-order chi connectivity index (χ1) is 8.61. The molecule has 0 aliphatic carbocycles. The summed E-state index contributed by atoms with van der Waals surface area (Å²) in [7, 11) is 0. The van der Waals surface area contributed by atoms with Gasteiger partial charge in [-0.3, -0.25) is 5.10 Å². The minimum Gasteiger partial charge on any atom is -0.391 e. The van der Waals surface area contributed by atoms with Crippen LogP contribution >= 0.6 is 0 Å². The lowest BCUT2D eigenvalue weighted by molar-refractivity contribution is 0.144. The van der Waals surface area contributed by atoms with Crippen molar-refractivity contribution in [1.29, 1.82) is 0 Å². The number of hydrogen-bond acceptors (Lipinski definition) is 4. The molecule has 2 aromatic heterocycles. The molecule has 18 heavy (non-hydrogen) atoms. The van der Waals surface area contributed by atoms with Crippen LogP contribution in [0.1, 0.15) is 36.1 Å². The molecule has 0 aliphatic rings. The average molecular weight is 249 g/mol. The Morgan fingerprint density at radius 1 is 1.44 bits per heavy atom. The Morgan fingerprint density at radius 2 is 2.22 bits per heavy atom. The molecule has 0 bridgehead atoms. The van der Waals surface area contributed by atoms with Crippen LogP contribution in [-0.4, -0.2) is 36.2 Å². The highest BCUT2D eigenvalue weighted by Gasteiger charge is 2.13. The van der Waals surface area contributed by atoms with Gasteiger partial charge in [0, 0.05) is 17.7 Å². The van der Waals surface area contributed by atoms with Gasteiger partial charge in [0.25, 0.3) is 0 Å². The third-order valence-corrected chi connectivity index (χ3v) is 3.17. The highest BCUT2D eigenvalue weighted by atomic mass is 16.3. The smallest absolute Gasteiger partial charge is 0.138 e. The molecule has 0 spiro atoms. The predicted octanol–water partition coefficient (Wildman–Crippen LogP) is 0.980. The molecule has 2 rings (SSSR count). The van der Waals surface area contributed by atoms with Gasteiger partial charge in [-0.05, 0) is 20.3 Å². The Balaban J connectivity index is 2.17. The van der Waals surface area contributed by atoms with Crippen molar-refractivity contribution in [3.05, 3.63) is 29.1 Å². The quantitative estimate of drug-likeness (QED) is 0.827. The number of aryl methyl sites for hydroxylation is 2. The van der Waals surface area contributed by atoms with E-state index in [0.717, 1.165) is 22.8 Å². The van der Waals surface area contributed by atoms with Crippen molar-refractivity contribution in [2.45, 2.75) is 46.3 Å². The van der Waals surface area contributed by atoms with Crippen LogP contribution in [-0.2, 0) is 13.0 Å². The molecular formula is C12H19N5O. The fourth-order valence-electron chi connectivity index (χ4n) is 1.90. The van der Waals surface area contributed by atoms with Crippen LogP contribution in [0, 0.1) is 13.8 Å². The van der Waals surface area contributed by atoms with Crippen LogP contribution in [0.25, 0.3) is 0 Å². The molecule has 2 heterocycles. The summed E-state index contributed by atoms with van der Waals surface area (Å²) in [5.74, 6) is 0.857. The van der Waals surface area contributed by atoms with Crippen LogP contribution in [0.5, 0.6) is 0 Å². The summed E-state index contributed by atoms with van der Waals surface area (Å²) in [6.07, 6.45) is 2.55. The van der Waals surface area contributed by atoms with E-state index in [1.807, 2.05) is 20.8 Å². The lowest BCUT2D eigenvalue weighted by Crippen LogP contribution is -2.18. The maximum atomic E-state index is 9.68. The maximum Gasteiger partial charge on any atom is 0.138 e. The summed E-state index contributed by atoms with van der Waals surface area (Å²) in [5, 5.41) is 21.0. The molecule has 0 aliphatic heterocycles. The first-order valence-corrected chi connectivity index (χ1v) is 6.17. The average Bonchev–Trinajstić information content (AvgIpc) is 2.91. The number of H-pyrrole nitrogens is 1. The number of aliphatic hydroxyl groups is 1. The number of nitrogens with one attached hydrogen (secondary N) is 1. The van der Waals surface area contributed by atoms with Crippen molar-refractivity contribution < 1.29 is 5.11 Å². The molecule has 98 valence electrons. The van der Waals surface area contributed by atoms with Gasteiger partial charge in [0.2, 0.25) is 0 Å². The molecule has 0 saturated heterocycles. The van der Waals surface area contributed by atoms with Crippen LogP contribution in [0.2, 0.25) is 0 Å². The van der Waals surface area contributed by atoms with Gasteiger partial charge in [0.1, 0.15) is 12.2 Å². The van der Waals surface area contributed by atoms with Crippen molar-refractivity contribution in [2.24, 2.45) is 0 Å². The molecule has 0 amide bonds. The van der Waals surface area contributed by atoms with E-state index in [4.69, 9.17) is 0 Å². The highest BCUT2D eigenvalue weighted by Crippen LogP contribution is 2.14. The van der Waals surface area contributed by atoms with E-state index in [9.17, 15) is 5.11 Å². The number of hydrogen-bond donors (Lipinski definition) is 2. The zero-order valence-corrected chi connectivity index (χ0v) is 11.0. The van der Waals surface area contributed by atoms with Gasteiger partial charge < -0.3 is 5.11 Å². The summed E-state index contributed by atoms with van der Waals surface area (Å²) in [5.41, 5.74) is 3.19. The first kappa shape index (κ1) is 12.8. The molecule has 0 aromatic carbocycles. The van der Waals surface area contributed by atoms with Gasteiger partial charge in [-0.2, -0.15) is 10.2 Å².